The number of carboxylic acid groups (broad SMARTS) is 1. The summed E-state index contributed by atoms with van der Waals surface area (Å²) in [5.41, 5.74) is 3.04. The fourth-order valence-corrected chi connectivity index (χ4v) is 6.43. The first-order valence-electron chi connectivity index (χ1n) is 18.2. The molecule has 17 heteroatoms. The summed E-state index contributed by atoms with van der Waals surface area (Å²) in [5.74, 6) is 1.18. The van der Waals surface area contributed by atoms with Gasteiger partial charge in [-0.2, -0.15) is 0 Å². The molecule has 5 aromatic rings. The number of carbonyl (C=O) groups is 2. The number of aromatic nitrogens is 1. The van der Waals surface area contributed by atoms with Crippen LogP contribution in [0.2, 0.25) is 0 Å². The largest absolute Gasteiger partial charge is 1.00 e. The van der Waals surface area contributed by atoms with E-state index in [0.717, 1.165) is 33.8 Å². The number of carbonyl (C=O) groups excluding carboxylic acids is 2. The topological polar surface area (TPSA) is 196 Å². The van der Waals surface area contributed by atoms with E-state index in [0.29, 0.717) is 35.1 Å². The summed E-state index contributed by atoms with van der Waals surface area (Å²) in [4.78, 5) is 28.5. The summed E-state index contributed by atoms with van der Waals surface area (Å²) in [6.45, 7) is 6.34. The monoisotopic (exact) mass is 838 g/mol. The van der Waals surface area contributed by atoms with Gasteiger partial charge in [0.15, 0.2) is 5.75 Å². The fourth-order valence-electron chi connectivity index (χ4n) is 5.88. The number of rotatable bonds is 19. The Hall–Kier alpha value is -5.10. The molecule has 3 N–H and O–H groups in total. The van der Waals surface area contributed by atoms with Gasteiger partial charge in [-0.05, 0) is 59.0 Å². The zero-order valence-corrected chi connectivity index (χ0v) is 37.0. The van der Waals surface area contributed by atoms with Crippen molar-refractivity contribution in [3.8, 4) is 28.7 Å². The van der Waals surface area contributed by atoms with Gasteiger partial charge in [0, 0.05) is 41.2 Å². The predicted molar refractivity (Wildman–Crippen MR) is 219 cm³/mol. The van der Waals surface area contributed by atoms with Gasteiger partial charge in [-0.1, -0.05) is 45.0 Å². The number of methoxy groups -OCH3 is 2. The molecule has 2 amide bonds. The average molecular weight is 839 g/mol. The zero-order valence-electron chi connectivity index (χ0n) is 34.2. The first-order valence-corrected chi connectivity index (χ1v) is 20.1. The summed E-state index contributed by atoms with van der Waals surface area (Å²) in [5, 5.41) is 17.6. The van der Waals surface area contributed by atoms with Crippen molar-refractivity contribution in [2.24, 2.45) is 0 Å². The van der Waals surface area contributed by atoms with E-state index < -0.39 is 28.6 Å². The van der Waals surface area contributed by atoms with Gasteiger partial charge in [0.2, 0.25) is 10.0 Å². The number of urea groups is 1. The van der Waals surface area contributed by atoms with Gasteiger partial charge in [-0.15, -0.1) is 0 Å². The van der Waals surface area contributed by atoms with Crippen molar-refractivity contribution in [3.63, 3.8) is 0 Å². The number of fused-ring (bicyclic) bond motifs is 1. The molecule has 0 bridgehead atoms. The maximum Gasteiger partial charge on any atom is 1.00 e. The van der Waals surface area contributed by atoms with Crippen LogP contribution in [-0.4, -0.2) is 78.9 Å². The van der Waals surface area contributed by atoms with E-state index in [1.165, 1.54) is 7.11 Å². The maximum atomic E-state index is 13.5. The van der Waals surface area contributed by atoms with Crippen LogP contribution in [0, 0.1) is 0 Å². The SMILES string of the molecule is COc1cc(Cc2cc(Oc3ccc(NC(=O)Nc4cc(C(C)(C)C)cc(NS(C)(=O)=O)c4OC)c4ccccc34)ccn2)cc(OCCOCCOCC(=O)[O-])c1.[Na+]. The number of anilines is 3. The Morgan fingerprint density at radius 1 is 0.763 bits per heavy atom. The quantitative estimate of drug-likeness (QED) is 0.0814. The summed E-state index contributed by atoms with van der Waals surface area (Å²) in [7, 11) is -0.674. The van der Waals surface area contributed by atoms with Crippen LogP contribution in [0.1, 0.15) is 37.6 Å². The molecule has 0 spiro atoms. The number of amides is 2. The second kappa shape index (κ2) is 21.2. The number of hydrogen-bond acceptors (Lipinski definition) is 12. The van der Waals surface area contributed by atoms with Crippen LogP contribution in [0.5, 0.6) is 28.7 Å². The molecule has 59 heavy (non-hydrogen) atoms. The molecule has 0 atom stereocenters. The molecule has 308 valence electrons. The number of hydrogen-bond donors (Lipinski definition) is 3. The van der Waals surface area contributed by atoms with E-state index in [1.54, 1.807) is 49.7 Å². The van der Waals surface area contributed by atoms with Gasteiger partial charge >= 0.3 is 35.6 Å². The van der Waals surface area contributed by atoms with Crippen molar-refractivity contribution in [2.75, 3.05) is 68.9 Å². The molecule has 0 radical (unpaired) electrons. The number of benzene rings is 4. The molecule has 15 nitrogen and oxygen atoms in total. The fraction of sp³-hybridized carbons (Fsp3) is 0.310. The molecule has 1 aromatic heterocycles. The van der Waals surface area contributed by atoms with Gasteiger partial charge in [-0.25, -0.2) is 13.2 Å². The minimum Gasteiger partial charge on any atom is -0.548 e. The number of nitrogens with zero attached hydrogens (tertiary/aromatic N) is 1. The third-order valence-corrected chi connectivity index (χ3v) is 9.09. The Morgan fingerprint density at radius 3 is 2.14 bits per heavy atom. The first-order chi connectivity index (χ1) is 27.6. The summed E-state index contributed by atoms with van der Waals surface area (Å²) >= 11 is 0. The third kappa shape index (κ3) is 14.0. The third-order valence-electron chi connectivity index (χ3n) is 8.50. The molecule has 0 saturated carbocycles. The van der Waals surface area contributed by atoms with E-state index in [9.17, 15) is 23.1 Å². The second-order valence-electron chi connectivity index (χ2n) is 14.1. The molecular formula is C42H47N4NaO11S. The molecule has 0 aliphatic rings. The molecule has 4 aromatic carbocycles. The maximum absolute atomic E-state index is 13.5. The average Bonchev–Trinajstić information content (AvgIpc) is 3.15. The zero-order chi connectivity index (χ0) is 41.9. The van der Waals surface area contributed by atoms with Gasteiger partial charge < -0.3 is 49.0 Å². The first kappa shape index (κ1) is 46.6. The van der Waals surface area contributed by atoms with E-state index in [2.05, 4.69) is 20.3 Å². The number of carboxylic acids is 1. The molecular weight excluding hydrogens is 792 g/mol. The Kier molecular flexibility index (Phi) is 16.8. The smallest absolute Gasteiger partial charge is 0.548 e. The van der Waals surface area contributed by atoms with Crippen molar-refractivity contribution in [1.29, 1.82) is 0 Å². The summed E-state index contributed by atoms with van der Waals surface area (Å²) < 4.78 is 60.5. The number of pyridine rings is 1. The van der Waals surface area contributed by atoms with Crippen LogP contribution in [0.3, 0.4) is 0 Å². The standard InChI is InChI=1S/C42H48N4O11S.Na/c1-42(2,3)28-22-36(40(53-5)37(23-28)46-58(6,50)51)45-41(49)44-35-11-12-38(34-10-8-7-9-33(34)35)57-30-13-14-43-29(24-30)19-27-20-31(52-4)25-32(21-27)56-18-17-54-15-16-55-26-39(47)48;/h7-14,20-25,46H,15-19,26H2,1-6H3,(H,47,48)(H2,44,45,49);/q;+1/p-1. The predicted octanol–water partition coefficient (Wildman–Crippen LogP) is 3.11. The number of ether oxygens (including phenoxy) is 6. The summed E-state index contributed by atoms with van der Waals surface area (Å²) in [6.07, 6.45) is 3.16. The van der Waals surface area contributed by atoms with Crippen molar-refractivity contribution in [1.82, 2.24) is 4.98 Å². The molecule has 5 rings (SSSR count). The van der Waals surface area contributed by atoms with Crippen LogP contribution >= 0.6 is 0 Å². The van der Waals surface area contributed by atoms with E-state index in [4.69, 9.17) is 28.4 Å². The van der Waals surface area contributed by atoms with Gasteiger partial charge in [0.05, 0.1) is 69.9 Å². The van der Waals surface area contributed by atoms with Crippen LogP contribution < -0.4 is 69.0 Å². The molecule has 0 saturated heterocycles. The van der Waals surface area contributed by atoms with Crippen LogP contribution in [0.4, 0.5) is 21.9 Å². The second-order valence-corrected chi connectivity index (χ2v) is 15.9. The van der Waals surface area contributed by atoms with Crippen LogP contribution in [0.15, 0.2) is 85.1 Å². The van der Waals surface area contributed by atoms with Gasteiger partial charge in [0.1, 0.15) is 29.6 Å². The molecule has 0 aliphatic heterocycles. The van der Waals surface area contributed by atoms with E-state index in [-0.39, 0.29) is 78.5 Å². The van der Waals surface area contributed by atoms with Crippen LogP contribution in [-0.2, 0) is 36.1 Å². The van der Waals surface area contributed by atoms with Crippen molar-refractivity contribution >= 4 is 49.9 Å². The van der Waals surface area contributed by atoms with Gasteiger partial charge in [0.25, 0.3) is 0 Å². The Morgan fingerprint density at radius 2 is 1.44 bits per heavy atom. The normalized spacial score (nSPS) is 11.3. The Labute approximate surface area is 366 Å². The van der Waals surface area contributed by atoms with Crippen LogP contribution in [0.25, 0.3) is 10.8 Å². The number of sulfonamides is 1. The van der Waals surface area contributed by atoms with Gasteiger partial charge in [-0.3, -0.25) is 9.71 Å². The van der Waals surface area contributed by atoms with Crippen molar-refractivity contribution in [3.05, 3.63) is 102 Å². The molecule has 0 unspecified atom stereocenters. The molecule has 1 heterocycles. The molecule has 0 aliphatic carbocycles. The summed E-state index contributed by atoms with van der Waals surface area (Å²) in [6, 6.07) is 23.0. The number of nitrogens with one attached hydrogen (secondary N) is 3. The van der Waals surface area contributed by atoms with Crippen molar-refractivity contribution < 1.29 is 81.1 Å². The molecule has 0 fully saturated rings. The minimum atomic E-state index is -3.65. The van der Waals surface area contributed by atoms with E-state index >= 15 is 0 Å². The minimum absolute atomic E-state index is 0. The van der Waals surface area contributed by atoms with Crippen molar-refractivity contribution in [2.45, 2.75) is 32.6 Å². The Balaban J connectivity index is 0.00000769. The number of aliphatic carboxylic acids is 1. The Bertz CT molecular complexity index is 2350. The van der Waals surface area contributed by atoms with E-state index in [1.807, 2.05) is 63.2 Å².